The highest BCUT2D eigenvalue weighted by Gasteiger charge is 2.38. The molecule has 0 radical (unpaired) electrons. The summed E-state index contributed by atoms with van der Waals surface area (Å²) in [6.45, 7) is 22.6. The van der Waals surface area contributed by atoms with Gasteiger partial charge in [0.25, 0.3) is 0 Å². The van der Waals surface area contributed by atoms with Gasteiger partial charge in [0.15, 0.2) is 0 Å². The zero-order chi connectivity index (χ0) is 30.1. The van der Waals surface area contributed by atoms with E-state index in [1.165, 1.54) is 13.0 Å². The van der Waals surface area contributed by atoms with Crippen LogP contribution in [0.2, 0.25) is 0 Å². The van der Waals surface area contributed by atoms with Gasteiger partial charge in [0, 0.05) is 28.3 Å². The smallest absolute Gasteiger partial charge is 0.338 e. The molecule has 2 unspecified atom stereocenters. The summed E-state index contributed by atoms with van der Waals surface area (Å²) in [6.07, 6.45) is 1.85. The molecule has 0 saturated carbocycles. The first-order valence-corrected chi connectivity index (χ1v) is 13.0. The maximum Gasteiger partial charge on any atom is 0.338 e. The Morgan fingerprint density at radius 2 is 1.40 bits per heavy atom. The highest BCUT2D eigenvalue weighted by atomic mass is 16.6. The molecule has 212 valence electrons. The average Bonchev–Trinajstić information content (AvgIpc) is 2.85. The molecule has 0 N–H and O–H groups in total. The fourth-order valence-corrected chi connectivity index (χ4v) is 4.14. The number of carbonyl (C=O) groups is 4. The van der Waals surface area contributed by atoms with Crippen molar-refractivity contribution < 1.29 is 38.1 Å². The predicted octanol–water partition coefficient (Wildman–Crippen LogP) is 5.96. The Morgan fingerprint density at radius 3 is 1.95 bits per heavy atom. The van der Waals surface area contributed by atoms with Crippen LogP contribution in [0, 0.1) is 11.3 Å². The minimum atomic E-state index is -0.802. The Morgan fingerprint density at radius 1 is 0.825 bits per heavy atom. The van der Waals surface area contributed by atoms with Gasteiger partial charge < -0.3 is 18.9 Å². The van der Waals surface area contributed by atoms with Crippen molar-refractivity contribution in [1.82, 2.24) is 0 Å². The van der Waals surface area contributed by atoms with Gasteiger partial charge in [-0.3, -0.25) is 4.79 Å². The van der Waals surface area contributed by atoms with E-state index >= 15 is 0 Å². The van der Waals surface area contributed by atoms with Crippen LogP contribution in [-0.2, 0) is 35.1 Å². The highest BCUT2D eigenvalue weighted by molar-refractivity contribution is 5.93. The lowest BCUT2D eigenvalue weighted by Gasteiger charge is -2.35. The molecule has 3 rings (SSSR count). The van der Waals surface area contributed by atoms with Gasteiger partial charge in [0.2, 0.25) is 0 Å². The van der Waals surface area contributed by atoms with Gasteiger partial charge in [0.1, 0.15) is 23.4 Å². The molecule has 2 aliphatic rings. The Balaban J connectivity index is 2.25. The number of hydrogen-bond donors (Lipinski definition) is 0. The van der Waals surface area contributed by atoms with Crippen molar-refractivity contribution in [2.45, 2.75) is 67.4 Å². The fourth-order valence-electron chi connectivity index (χ4n) is 4.14. The molecule has 0 amide bonds. The maximum absolute atomic E-state index is 12.7. The molecular formula is C32H36O8. The second kappa shape index (κ2) is 11.5. The van der Waals surface area contributed by atoms with Crippen LogP contribution >= 0.6 is 0 Å². The molecule has 8 nitrogen and oxygen atoms in total. The predicted molar refractivity (Wildman–Crippen MR) is 150 cm³/mol. The van der Waals surface area contributed by atoms with Crippen LogP contribution in [0.15, 0.2) is 66.0 Å². The van der Waals surface area contributed by atoms with Gasteiger partial charge in [-0.25, -0.2) is 14.4 Å². The third kappa shape index (κ3) is 6.50. The molecule has 1 aromatic rings. The van der Waals surface area contributed by atoms with E-state index in [1.54, 1.807) is 53.7 Å². The summed E-state index contributed by atoms with van der Waals surface area (Å²) in [5, 5.41) is 0. The molecule has 40 heavy (non-hydrogen) atoms. The molecule has 2 atom stereocenters. The highest BCUT2D eigenvalue weighted by Crippen LogP contribution is 2.48. The Labute approximate surface area is 235 Å². The summed E-state index contributed by atoms with van der Waals surface area (Å²) in [7, 11) is 0. The molecule has 8 heteroatoms. The molecule has 0 aliphatic heterocycles. The lowest BCUT2D eigenvalue weighted by atomic mass is 9.76. The minimum absolute atomic E-state index is 0.167. The van der Waals surface area contributed by atoms with Gasteiger partial charge >= 0.3 is 23.9 Å². The van der Waals surface area contributed by atoms with E-state index in [0.29, 0.717) is 35.3 Å². The molecule has 2 aliphatic carbocycles. The standard InChI is InChI=1S/C32H36O8/c1-16(2)28(33)38-25-15-24-22(27(19(25)7)40-30(35)18(5)6)12-11-21-23(24)13-20(37-31(36)32(8,9)10)14-26(21)39-29(34)17(3)4/h13-15,19,25H,1,3,5,11-12H2,2,4,6-10H3. The van der Waals surface area contributed by atoms with Crippen LogP contribution in [-0.4, -0.2) is 30.0 Å². The molecule has 0 heterocycles. The third-order valence-corrected chi connectivity index (χ3v) is 6.47. The van der Waals surface area contributed by atoms with Crippen molar-refractivity contribution in [1.29, 1.82) is 0 Å². The number of carbonyl (C=O) groups excluding carboxylic acids is 4. The van der Waals surface area contributed by atoms with E-state index in [0.717, 1.165) is 5.57 Å². The Hall–Kier alpha value is -4.20. The number of benzene rings is 1. The zero-order valence-electron chi connectivity index (χ0n) is 24.2. The van der Waals surface area contributed by atoms with E-state index < -0.39 is 41.3 Å². The van der Waals surface area contributed by atoms with Crippen molar-refractivity contribution in [2.75, 3.05) is 0 Å². The van der Waals surface area contributed by atoms with Crippen LogP contribution in [0.25, 0.3) is 5.57 Å². The SMILES string of the molecule is C=C(C)C(=O)OC1=C2CCc3c(OC(=O)C(=C)C)cc(OC(=O)C(C)(C)C)cc3C2=CC(OC(=O)C(=C)C)C1C. The summed E-state index contributed by atoms with van der Waals surface area (Å²) in [4.78, 5) is 50.3. The van der Waals surface area contributed by atoms with Gasteiger partial charge in [0.05, 0.1) is 11.3 Å². The number of allylic oxidation sites excluding steroid dienone is 2. The number of rotatable bonds is 7. The van der Waals surface area contributed by atoms with E-state index in [4.69, 9.17) is 18.9 Å². The molecule has 0 spiro atoms. The van der Waals surface area contributed by atoms with Crippen molar-refractivity contribution in [3.63, 3.8) is 0 Å². The zero-order valence-corrected chi connectivity index (χ0v) is 24.2. The van der Waals surface area contributed by atoms with E-state index in [2.05, 4.69) is 19.7 Å². The van der Waals surface area contributed by atoms with Crippen LogP contribution in [0.1, 0.15) is 66.0 Å². The quantitative estimate of drug-likeness (QED) is 0.234. The molecule has 0 bridgehead atoms. The van der Waals surface area contributed by atoms with Crippen LogP contribution in [0.4, 0.5) is 0 Å². The summed E-state index contributed by atoms with van der Waals surface area (Å²) in [5.41, 5.74) is 2.47. The molecule has 0 fully saturated rings. The molecule has 1 aromatic carbocycles. The largest absolute Gasteiger partial charge is 0.454 e. The fraction of sp³-hybridized carbons (Fsp3) is 0.375. The second-order valence-electron chi connectivity index (χ2n) is 11.3. The van der Waals surface area contributed by atoms with E-state index in [-0.39, 0.29) is 28.2 Å². The van der Waals surface area contributed by atoms with Crippen molar-refractivity contribution in [3.05, 3.63) is 77.1 Å². The lowest BCUT2D eigenvalue weighted by Crippen LogP contribution is -2.32. The number of ether oxygens (including phenoxy) is 4. The first-order chi connectivity index (χ1) is 18.5. The van der Waals surface area contributed by atoms with Gasteiger partial charge in [-0.15, -0.1) is 0 Å². The average molecular weight is 549 g/mol. The monoisotopic (exact) mass is 548 g/mol. The number of esters is 4. The van der Waals surface area contributed by atoms with Crippen LogP contribution in [0.5, 0.6) is 11.5 Å². The second-order valence-corrected chi connectivity index (χ2v) is 11.3. The first kappa shape index (κ1) is 30.3. The molecular weight excluding hydrogens is 512 g/mol. The summed E-state index contributed by atoms with van der Waals surface area (Å²) in [5.74, 6) is -2.05. The molecule has 0 aromatic heterocycles. The van der Waals surface area contributed by atoms with E-state index in [9.17, 15) is 19.2 Å². The van der Waals surface area contributed by atoms with Gasteiger partial charge in [-0.2, -0.15) is 0 Å². The Kier molecular flexibility index (Phi) is 8.72. The normalized spacial score (nSPS) is 17.9. The van der Waals surface area contributed by atoms with Crippen LogP contribution < -0.4 is 9.47 Å². The minimum Gasteiger partial charge on any atom is -0.454 e. The maximum atomic E-state index is 12.7. The molecule has 0 saturated heterocycles. The van der Waals surface area contributed by atoms with Crippen molar-refractivity contribution >= 4 is 29.5 Å². The third-order valence-electron chi connectivity index (χ3n) is 6.47. The summed E-state index contributed by atoms with van der Waals surface area (Å²) >= 11 is 0. The van der Waals surface area contributed by atoms with Crippen molar-refractivity contribution in [2.24, 2.45) is 11.3 Å². The van der Waals surface area contributed by atoms with Crippen molar-refractivity contribution in [3.8, 4) is 11.5 Å². The lowest BCUT2D eigenvalue weighted by molar-refractivity contribution is -0.145. The first-order valence-electron chi connectivity index (χ1n) is 13.0. The topological polar surface area (TPSA) is 105 Å². The van der Waals surface area contributed by atoms with Gasteiger partial charge in [-0.05, 0) is 83.2 Å². The van der Waals surface area contributed by atoms with E-state index in [1.807, 2.05) is 0 Å². The van der Waals surface area contributed by atoms with Crippen LogP contribution in [0.3, 0.4) is 0 Å². The summed E-state index contributed by atoms with van der Waals surface area (Å²) < 4.78 is 22.9. The Bertz CT molecular complexity index is 1400. The summed E-state index contributed by atoms with van der Waals surface area (Å²) in [6, 6.07) is 3.18. The van der Waals surface area contributed by atoms with Gasteiger partial charge in [-0.1, -0.05) is 26.7 Å². The number of fused-ring (bicyclic) bond motifs is 3. The number of hydrogen-bond acceptors (Lipinski definition) is 8.